The topological polar surface area (TPSA) is 81.5 Å². The van der Waals surface area contributed by atoms with Gasteiger partial charge >= 0.3 is 5.97 Å². The van der Waals surface area contributed by atoms with E-state index in [0.29, 0.717) is 46.2 Å². The maximum absolute atomic E-state index is 12.8. The quantitative estimate of drug-likeness (QED) is 0.736. The van der Waals surface area contributed by atoms with Gasteiger partial charge in [0.25, 0.3) is 11.5 Å². The van der Waals surface area contributed by atoms with Crippen molar-refractivity contribution in [3.05, 3.63) is 26.6 Å². The van der Waals surface area contributed by atoms with E-state index in [-0.39, 0.29) is 11.5 Å². The molecule has 4 heterocycles. The zero-order chi connectivity index (χ0) is 20.0. The molecule has 1 fully saturated rings. The van der Waals surface area contributed by atoms with E-state index in [9.17, 15) is 14.4 Å². The van der Waals surface area contributed by atoms with Gasteiger partial charge in [0.15, 0.2) is 6.10 Å². The second-order valence-electron chi connectivity index (χ2n) is 7.88. The Kier molecular flexibility index (Phi) is 4.99. The minimum Gasteiger partial charge on any atom is -0.448 e. The number of thiophene rings is 1. The first-order valence-electron chi connectivity index (χ1n) is 9.89. The molecule has 4 rings (SSSR count). The number of aryl methyl sites for hydroxylation is 2. The van der Waals surface area contributed by atoms with Crippen LogP contribution in [0, 0.1) is 12.8 Å². The molecule has 0 saturated carbocycles. The molecule has 2 aromatic rings. The number of hydrogen-bond donors (Lipinski definition) is 0. The van der Waals surface area contributed by atoms with Crippen LogP contribution in [0.15, 0.2) is 4.79 Å². The van der Waals surface area contributed by atoms with E-state index < -0.39 is 12.1 Å². The van der Waals surface area contributed by atoms with Crippen molar-refractivity contribution in [2.24, 2.45) is 5.92 Å². The third-order valence-electron chi connectivity index (χ3n) is 5.82. The molecule has 8 heteroatoms. The van der Waals surface area contributed by atoms with Crippen LogP contribution in [0.5, 0.6) is 0 Å². The minimum absolute atomic E-state index is 0.0862. The molecule has 1 saturated heterocycles. The van der Waals surface area contributed by atoms with E-state index in [2.05, 4.69) is 11.9 Å². The number of amides is 1. The molecule has 150 valence electrons. The first-order valence-corrected chi connectivity index (χ1v) is 10.7. The molecular weight excluding hydrogens is 378 g/mol. The van der Waals surface area contributed by atoms with Crippen LogP contribution in [0.25, 0.3) is 10.2 Å². The average molecular weight is 404 g/mol. The number of hydrogen-bond acceptors (Lipinski definition) is 6. The monoisotopic (exact) mass is 403 g/mol. The van der Waals surface area contributed by atoms with Gasteiger partial charge in [-0.2, -0.15) is 0 Å². The van der Waals surface area contributed by atoms with Crippen LogP contribution in [0.4, 0.5) is 0 Å². The number of aromatic nitrogens is 2. The van der Waals surface area contributed by atoms with Gasteiger partial charge in [0, 0.05) is 26.1 Å². The highest BCUT2D eigenvalue weighted by Crippen LogP contribution is 2.29. The second kappa shape index (κ2) is 7.31. The molecule has 0 aliphatic carbocycles. The maximum Gasteiger partial charge on any atom is 0.349 e. The molecule has 2 aromatic heterocycles. The molecule has 1 atom stereocenters. The first kappa shape index (κ1) is 19.1. The average Bonchev–Trinajstić information content (AvgIpc) is 3.27. The molecule has 0 radical (unpaired) electrons. The van der Waals surface area contributed by atoms with Crippen molar-refractivity contribution in [3.8, 4) is 0 Å². The van der Waals surface area contributed by atoms with Crippen molar-refractivity contribution in [1.82, 2.24) is 14.5 Å². The Balaban J connectivity index is 1.54. The number of carbonyl (C=O) groups is 2. The molecule has 0 aromatic carbocycles. The highest BCUT2D eigenvalue weighted by Gasteiger charge is 2.29. The lowest BCUT2D eigenvalue weighted by Gasteiger charge is -2.31. The van der Waals surface area contributed by atoms with Crippen LogP contribution < -0.4 is 5.56 Å². The molecule has 7 nitrogen and oxygen atoms in total. The summed E-state index contributed by atoms with van der Waals surface area (Å²) in [6.45, 7) is 7.63. The van der Waals surface area contributed by atoms with Gasteiger partial charge in [0.2, 0.25) is 0 Å². The number of fused-ring (bicyclic) bond motifs is 2. The molecule has 0 N–H and O–H groups in total. The SMILES string of the molecule is Cc1c(C(=O)O[C@@H](C)C(=O)N2CCC(C)CC2)sc2nc3n(c(=O)c12)CCC3. The molecule has 0 bridgehead atoms. The number of ether oxygens (including phenoxy) is 1. The summed E-state index contributed by atoms with van der Waals surface area (Å²) in [5.74, 6) is 0.686. The largest absolute Gasteiger partial charge is 0.448 e. The zero-order valence-electron chi connectivity index (χ0n) is 16.5. The number of likely N-dealkylation sites (tertiary alicyclic amines) is 1. The lowest BCUT2D eigenvalue weighted by Crippen LogP contribution is -2.44. The number of piperidine rings is 1. The summed E-state index contributed by atoms with van der Waals surface area (Å²) < 4.78 is 7.17. The minimum atomic E-state index is -0.843. The molecular formula is C20H25N3O4S. The van der Waals surface area contributed by atoms with Crippen molar-refractivity contribution in [2.75, 3.05) is 13.1 Å². The van der Waals surface area contributed by atoms with Gasteiger partial charge in [0.05, 0.1) is 5.39 Å². The standard InChI is InChI=1S/C20H25N3O4S/c1-11-6-9-22(10-7-11)18(24)13(3)27-20(26)16-12(2)15-17(28-16)21-14-5-4-8-23(14)19(15)25/h11,13H,4-10H2,1-3H3/t13-/m0/s1. The Labute approximate surface area is 167 Å². The van der Waals surface area contributed by atoms with Gasteiger partial charge in [0.1, 0.15) is 15.5 Å². The summed E-state index contributed by atoms with van der Waals surface area (Å²) in [6, 6.07) is 0. The molecule has 28 heavy (non-hydrogen) atoms. The summed E-state index contributed by atoms with van der Waals surface area (Å²) >= 11 is 1.18. The number of rotatable bonds is 3. The zero-order valence-corrected chi connectivity index (χ0v) is 17.3. The van der Waals surface area contributed by atoms with Crippen molar-refractivity contribution in [2.45, 2.75) is 59.1 Å². The van der Waals surface area contributed by atoms with Crippen LogP contribution in [-0.2, 0) is 22.5 Å². The summed E-state index contributed by atoms with van der Waals surface area (Å²) in [5, 5.41) is 0.492. The van der Waals surface area contributed by atoms with Crippen LogP contribution in [0.2, 0.25) is 0 Å². The second-order valence-corrected chi connectivity index (χ2v) is 8.88. The number of esters is 1. The summed E-state index contributed by atoms with van der Waals surface area (Å²) in [5.41, 5.74) is 0.507. The van der Waals surface area contributed by atoms with Gasteiger partial charge in [-0.15, -0.1) is 11.3 Å². The maximum atomic E-state index is 12.8. The normalized spacial score (nSPS) is 18.3. The van der Waals surface area contributed by atoms with Crippen molar-refractivity contribution < 1.29 is 14.3 Å². The predicted octanol–water partition coefficient (Wildman–Crippen LogP) is 2.52. The fourth-order valence-electron chi connectivity index (χ4n) is 4.02. The summed E-state index contributed by atoms with van der Waals surface area (Å²) in [6.07, 6.45) is 2.80. The number of nitrogens with zero attached hydrogens (tertiary/aromatic N) is 3. The molecule has 2 aliphatic rings. The van der Waals surface area contributed by atoms with E-state index in [0.717, 1.165) is 31.5 Å². The van der Waals surface area contributed by atoms with Crippen LogP contribution in [-0.4, -0.2) is 45.5 Å². The van der Waals surface area contributed by atoms with Crippen LogP contribution in [0.1, 0.15) is 54.2 Å². The summed E-state index contributed by atoms with van der Waals surface area (Å²) in [7, 11) is 0. The Hall–Kier alpha value is -2.22. The highest BCUT2D eigenvalue weighted by atomic mass is 32.1. The van der Waals surface area contributed by atoms with Gasteiger partial charge < -0.3 is 9.64 Å². The number of carbonyl (C=O) groups excluding carboxylic acids is 2. The van der Waals surface area contributed by atoms with E-state index in [4.69, 9.17) is 4.74 Å². The van der Waals surface area contributed by atoms with Gasteiger partial charge in [-0.1, -0.05) is 6.92 Å². The summed E-state index contributed by atoms with van der Waals surface area (Å²) in [4.78, 5) is 45.4. The van der Waals surface area contributed by atoms with Crippen LogP contribution >= 0.6 is 11.3 Å². The fourth-order valence-corrected chi connectivity index (χ4v) is 5.09. The van der Waals surface area contributed by atoms with E-state index in [1.165, 1.54) is 11.3 Å². The Morgan fingerprint density at radius 3 is 2.68 bits per heavy atom. The van der Waals surface area contributed by atoms with E-state index in [1.807, 2.05) is 0 Å². The van der Waals surface area contributed by atoms with Gasteiger partial charge in [-0.05, 0) is 44.6 Å². The van der Waals surface area contributed by atoms with Gasteiger partial charge in [-0.25, -0.2) is 9.78 Å². The third-order valence-corrected chi connectivity index (χ3v) is 6.99. The third kappa shape index (κ3) is 3.23. The van der Waals surface area contributed by atoms with Crippen molar-refractivity contribution in [1.29, 1.82) is 0 Å². The van der Waals surface area contributed by atoms with Crippen molar-refractivity contribution in [3.63, 3.8) is 0 Å². The Morgan fingerprint density at radius 2 is 1.96 bits per heavy atom. The molecule has 0 unspecified atom stereocenters. The lowest BCUT2D eigenvalue weighted by molar-refractivity contribution is -0.141. The highest BCUT2D eigenvalue weighted by molar-refractivity contribution is 7.20. The smallest absolute Gasteiger partial charge is 0.349 e. The molecule has 1 amide bonds. The Morgan fingerprint density at radius 1 is 1.25 bits per heavy atom. The van der Waals surface area contributed by atoms with E-state index in [1.54, 1.807) is 23.3 Å². The fraction of sp³-hybridized carbons (Fsp3) is 0.600. The lowest BCUT2D eigenvalue weighted by atomic mass is 9.99. The van der Waals surface area contributed by atoms with Gasteiger partial charge in [-0.3, -0.25) is 14.2 Å². The van der Waals surface area contributed by atoms with Crippen LogP contribution in [0.3, 0.4) is 0 Å². The predicted molar refractivity (Wildman–Crippen MR) is 107 cm³/mol. The Bertz CT molecular complexity index is 1000. The van der Waals surface area contributed by atoms with Crippen molar-refractivity contribution >= 4 is 33.4 Å². The van der Waals surface area contributed by atoms with E-state index >= 15 is 0 Å². The molecule has 2 aliphatic heterocycles. The molecule has 0 spiro atoms. The first-order chi connectivity index (χ1) is 13.4.